The van der Waals surface area contributed by atoms with Gasteiger partial charge >= 0.3 is 0 Å². The van der Waals surface area contributed by atoms with Crippen LogP contribution < -0.4 is 5.32 Å². The van der Waals surface area contributed by atoms with Crippen molar-refractivity contribution in [1.29, 1.82) is 0 Å². The van der Waals surface area contributed by atoms with Crippen molar-refractivity contribution in [3.63, 3.8) is 0 Å². The lowest BCUT2D eigenvalue weighted by molar-refractivity contribution is -0.144. The van der Waals surface area contributed by atoms with Crippen LogP contribution in [-0.4, -0.2) is 61.6 Å². The van der Waals surface area contributed by atoms with Crippen molar-refractivity contribution in [3.8, 4) is 0 Å². The number of ether oxygens (including phenoxy) is 1. The van der Waals surface area contributed by atoms with E-state index in [0.717, 1.165) is 43.6 Å². The Labute approximate surface area is 184 Å². The van der Waals surface area contributed by atoms with Gasteiger partial charge in [-0.2, -0.15) is 0 Å². The molecule has 0 bridgehead atoms. The Balaban J connectivity index is 1.27. The maximum absolute atomic E-state index is 13.9. The molecule has 6 heteroatoms. The number of benzene rings is 2. The first-order chi connectivity index (χ1) is 15.1. The summed E-state index contributed by atoms with van der Waals surface area (Å²) in [5.74, 6) is 0.272. The van der Waals surface area contributed by atoms with Gasteiger partial charge in [-0.15, -0.1) is 0 Å². The van der Waals surface area contributed by atoms with Crippen molar-refractivity contribution >= 4 is 5.91 Å². The fourth-order valence-corrected chi connectivity index (χ4v) is 4.65. The molecule has 2 aliphatic rings. The first-order valence-corrected chi connectivity index (χ1v) is 11.2. The number of carbonyl (C=O) groups excluding carboxylic acids is 1. The van der Waals surface area contributed by atoms with Gasteiger partial charge in [0, 0.05) is 25.2 Å². The van der Waals surface area contributed by atoms with Crippen molar-refractivity contribution in [3.05, 3.63) is 71.5 Å². The van der Waals surface area contributed by atoms with Crippen molar-refractivity contribution in [2.45, 2.75) is 31.5 Å². The summed E-state index contributed by atoms with van der Waals surface area (Å²) >= 11 is 0. The molecule has 0 spiro atoms. The van der Waals surface area contributed by atoms with Gasteiger partial charge in [0.05, 0.1) is 12.6 Å². The molecule has 2 fully saturated rings. The summed E-state index contributed by atoms with van der Waals surface area (Å²) < 4.78 is 19.8. The lowest BCUT2D eigenvalue weighted by atomic mass is 9.95. The molecular weight excluding hydrogens is 393 g/mol. The van der Waals surface area contributed by atoms with E-state index < -0.39 is 6.10 Å². The molecule has 2 aromatic carbocycles. The largest absolute Gasteiger partial charge is 0.365 e. The number of hydrogen-bond acceptors (Lipinski definition) is 4. The predicted octanol–water partition coefficient (Wildman–Crippen LogP) is 3.23. The van der Waals surface area contributed by atoms with E-state index in [1.807, 2.05) is 37.4 Å². The van der Waals surface area contributed by atoms with Crippen LogP contribution in [0.3, 0.4) is 0 Å². The van der Waals surface area contributed by atoms with E-state index in [1.54, 1.807) is 6.07 Å². The second-order valence-corrected chi connectivity index (χ2v) is 8.68. The zero-order valence-corrected chi connectivity index (χ0v) is 18.2. The SMILES string of the molecule is CN1CCO[C@@H](C(=O)NCC2CCN(Cc3ccccc3F)CC2)[C@@H]1c1ccccc1. The number of carbonyl (C=O) groups is 1. The highest BCUT2D eigenvalue weighted by molar-refractivity contribution is 5.82. The summed E-state index contributed by atoms with van der Waals surface area (Å²) in [5, 5.41) is 3.15. The normalized spacial score (nSPS) is 23.5. The Bertz CT molecular complexity index is 855. The third-order valence-electron chi connectivity index (χ3n) is 6.53. The lowest BCUT2D eigenvalue weighted by Crippen LogP contribution is -2.51. The molecule has 2 aromatic rings. The third kappa shape index (κ3) is 5.50. The summed E-state index contributed by atoms with van der Waals surface area (Å²) in [6.07, 6.45) is 1.51. The zero-order chi connectivity index (χ0) is 21.6. The summed E-state index contributed by atoms with van der Waals surface area (Å²) in [7, 11) is 2.05. The Kier molecular flexibility index (Phi) is 7.33. The Morgan fingerprint density at radius 3 is 2.52 bits per heavy atom. The first kappa shape index (κ1) is 21.9. The highest BCUT2D eigenvalue weighted by Crippen LogP contribution is 2.28. The molecule has 0 unspecified atom stereocenters. The average Bonchev–Trinajstić information content (AvgIpc) is 2.80. The zero-order valence-electron chi connectivity index (χ0n) is 18.2. The molecule has 0 radical (unpaired) electrons. The fourth-order valence-electron chi connectivity index (χ4n) is 4.65. The van der Waals surface area contributed by atoms with Crippen LogP contribution in [-0.2, 0) is 16.1 Å². The van der Waals surface area contributed by atoms with Crippen LogP contribution in [0.5, 0.6) is 0 Å². The molecule has 31 heavy (non-hydrogen) atoms. The van der Waals surface area contributed by atoms with Gasteiger partial charge in [-0.1, -0.05) is 48.5 Å². The molecule has 1 N–H and O–H groups in total. The summed E-state index contributed by atoms with van der Waals surface area (Å²) in [4.78, 5) is 17.5. The fraction of sp³-hybridized carbons (Fsp3) is 0.480. The van der Waals surface area contributed by atoms with E-state index in [4.69, 9.17) is 4.74 Å². The molecular formula is C25H32FN3O2. The molecule has 166 valence electrons. The van der Waals surface area contributed by atoms with Gasteiger partial charge in [0.2, 0.25) is 0 Å². The first-order valence-electron chi connectivity index (χ1n) is 11.2. The molecule has 0 aliphatic carbocycles. The quantitative estimate of drug-likeness (QED) is 0.772. The van der Waals surface area contributed by atoms with Gasteiger partial charge < -0.3 is 10.1 Å². The molecule has 5 nitrogen and oxygen atoms in total. The number of likely N-dealkylation sites (tertiary alicyclic amines) is 1. The van der Waals surface area contributed by atoms with E-state index in [-0.39, 0.29) is 17.8 Å². The number of amides is 1. The minimum Gasteiger partial charge on any atom is -0.365 e. The molecule has 2 saturated heterocycles. The van der Waals surface area contributed by atoms with Gasteiger partial charge in [-0.3, -0.25) is 14.6 Å². The summed E-state index contributed by atoms with van der Waals surface area (Å²) in [5.41, 5.74) is 1.85. The van der Waals surface area contributed by atoms with E-state index in [0.29, 0.717) is 25.6 Å². The summed E-state index contributed by atoms with van der Waals surface area (Å²) in [6, 6.07) is 17.0. The standard InChI is InChI=1S/C25H32FN3O2/c1-28-15-16-31-24(23(28)20-7-3-2-4-8-20)25(30)27-17-19-11-13-29(14-12-19)18-21-9-5-6-10-22(21)26/h2-10,19,23-24H,11-18H2,1H3,(H,27,30)/t23-,24+/m0/s1. The average molecular weight is 426 g/mol. The topological polar surface area (TPSA) is 44.8 Å². The highest BCUT2D eigenvalue weighted by atomic mass is 19.1. The maximum atomic E-state index is 13.9. The Morgan fingerprint density at radius 1 is 1.06 bits per heavy atom. The van der Waals surface area contributed by atoms with Crippen molar-refractivity contribution < 1.29 is 13.9 Å². The molecule has 2 atom stereocenters. The van der Waals surface area contributed by atoms with Crippen LogP contribution in [0.2, 0.25) is 0 Å². The number of nitrogens with zero attached hydrogens (tertiary/aromatic N) is 2. The number of rotatable bonds is 6. The highest BCUT2D eigenvalue weighted by Gasteiger charge is 2.36. The summed E-state index contributed by atoms with van der Waals surface area (Å²) in [6.45, 7) is 4.52. The van der Waals surface area contributed by atoms with Crippen LogP contribution >= 0.6 is 0 Å². The van der Waals surface area contributed by atoms with E-state index in [1.165, 1.54) is 6.07 Å². The number of piperidine rings is 1. The maximum Gasteiger partial charge on any atom is 0.251 e. The monoisotopic (exact) mass is 425 g/mol. The molecule has 4 rings (SSSR count). The Morgan fingerprint density at radius 2 is 1.77 bits per heavy atom. The molecule has 2 heterocycles. The van der Waals surface area contributed by atoms with Crippen LogP contribution in [0.25, 0.3) is 0 Å². The van der Waals surface area contributed by atoms with Gasteiger partial charge in [-0.05, 0) is 50.5 Å². The third-order valence-corrected chi connectivity index (χ3v) is 6.53. The van der Waals surface area contributed by atoms with Crippen LogP contribution in [0, 0.1) is 11.7 Å². The number of morpholine rings is 1. The van der Waals surface area contributed by atoms with Gasteiger partial charge in [0.25, 0.3) is 5.91 Å². The van der Waals surface area contributed by atoms with Gasteiger partial charge in [0.15, 0.2) is 6.10 Å². The van der Waals surface area contributed by atoms with E-state index in [9.17, 15) is 9.18 Å². The van der Waals surface area contributed by atoms with Crippen molar-refractivity contribution in [2.24, 2.45) is 5.92 Å². The van der Waals surface area contributed by atoms with Crippen LogP contribution in [0.15, 0.2) is 54.6 Å². The lowest BCUT2D eigenvalue weighted by Gasteiger charge is -2.39. The Hall–Kier alpha value is -2.28. The van der Waals surface area contributed by atoms with Gasteiger partial charge in [-0.25, -0.2) is 4.39 Å². The predicted molar refractivity (Wildman–Crippen MR) is 119 cm³/mol. The smallest absolute Gasteiger partial charge is 0.251 e. The van der Waals surface area contributed by atoms with Gasteiger partial charge in [0.1, 0.15) is 5.82 Å². The number of halogens is 1. The second-order valence-electron chi connectivity index (χ2n) is 8.68. The number of hydrogen-bond donors (Lipinski definition) is 1. The second kappa shape index (κ2) is 10.4. The minimum atomic E-state index is -0.498. The molecule has 0 aromatic heterocycles. The van der Waals surface area contributed by atoms with E-state index >= 15 is 0 Å². The number of likely N-dealkylation sites (N-methyl/N-ethyl adjacent to an activating group) is 1. The molecule has 2 aliphatic heterocycles. The number of nitrogens with one attached hydrogen (secondary N) is 1. The minimum absolute atomic E-state index is 0.0332. The molecule has 0 saturated carbocycles. The van der Waals surface area contributed by atoms with Crippen molar-refractivity contribution in [2.75, 3.05) is 39.8 Å². The van der Waals surface area contributed by atoms with Crippen LogP contribution in [0.1, 0.15) is 30.0 Å². The van der Waals surface area contributed by atoms with Crippen molar-refractivity contribution in [1.82, 2.24) is 15.1 Å². The molecule has 1 amide bonds. The van der Waals surface area contributed by atoms with E-state index in [2.05, 4.69) is 27.2 Å². The van der Waals surface area contributed by atoms with Crippen LogP contribution in [0.4, 0.5) is 4.39 Å².